The maximum Gasteiger partial charge on any atom is 0.506 e. The maximum absolute atomic E-state index is 12.2. The number of ether oxygens (including phenoxy) is 1. The predicted molar refractivity (Wildman–Crippen MR) is 86.5 cm³/mol. The molecule has 1 fully saturated rings. The lowest BCUT2D eigenvalue weighted by Gasteiger charge is -2.32. The number of carbonyl (C=O) groups is 1. The molecule has 0 bridgehead atoms. The molecule has 1 unspecified atom stereocenters. The van der Waals surface area contributed by atoms with Crippen LogP contribution in [-0.2, 0) is 14.0 Å². The van der Waals surface area contributed by atoms with Gasteiger partial charge in [-0.15, -0.1) is 0 Å². The van der Waals surface area contributed by atoms with Gasteiger partial charge in [-0.05, 0) is 46.8 Å². The molecule has 1 atom stereocenters. The second-order valence-electron chi connectivity index (χ2n) is 6.39. The molecular formula is C17H23BO4. The fourth-order valence-electron chi connectivity index (χ4n) is 2.16. The Labute approximate surface area is 132 Å². The van der Waals surface area contributed by atoms with Crippen molar-refractivity contribution in [3.8, 4) is 0 Å². The van der Waals surface area contributed by atoms with Gasteiger partial charge < -0.3 is 14.0 Å². The van der Waals surface area contributed by atoms with Gasteiger partial charge in [-0.1, -0.05) is 30.4 Å². The summed E-state index contributed by atoms with van der Waals surface area (Å²) in [6.45, 7) is 9.75. The minimum absolute atomic E-state index is 0.390. The standard InChI is InChI=1S/C17H23BO4/c1-6-10-14(18-21-16(2,3)17(4,5)22-18)20-15(19)13-11-8-7-9-12-13/h6-12,14H,1-5H3/b10-6+. The summed E-state index contributed by atoms with van der Waals surface area (Å²) in [5.41, 5.74) is -0.415. The van der Waals surface area contributed by atoms with Gasteiger partial charge in [0, 0.05) is 0 Å². The molecule has 1 saturated heterocycles. The van der Waals surface area contributed by atoms with Gasteiger partial charge in [-0.3, -0.25) is 0 Å². The molecule has 1 aliphatic rings. The SMILES string of the molecule is C/C=C/C(OC(=O)c1ccccc1)B1OC(C)(C)C(C)(C)O1. The monoisotopic (exact) mass is 302 g/mol. The Morgan fingerprint density at radius 2 is 1.68 bits per heavy atom. The summed E-state index contributed by atoms with van der Waals surface area (Å²) in [7, 11) is -0.617. The highest BCUT2D eigenvalue weighted by Crippen LogP contribution is 2.38. The molecule has 5 heteroatoms. The summed E-state index contributed by atoms with van der Waals surface area (Å²) in [5, 5.41) is 0. The molecule has 118 valence electrons. The summed E-state index contributed by atoms with van der Waals surface area (Å²) in [5.74, 6) is -0.390. The van der Waals surface area contributed by atoms with Gasteiger partial charge in [0.1, 0.15) is 0 Å². The van der Waals surface area contributed by atoms with Crippen LogP contribution in [0, 0.1) is 0 Å². The zero-order valence-electron chi connectivity index (χ0n) is 13.8. The normalized spacial score (nSPS) is 21.0. The van der Waals surface area contributed by atoms with Gasteiger partial charge in [0.15, 0.2) is 6.00 Å². The number of hydrogen-bond donors (Lipinski definition) is 0. The first kappa shape index (κ1) is 16.8. The summed E-state index contributed by atoms with van der Waals surface area (Å²) in [6, 6.07) is 8.32. The maximum atomic E-state index is 12.2. The average molecular weight is 302 g/mol. The van der Waals surface area contributed by atoms with E-state index in [9.17, 15) is 4.79 Å². The van der Waals surface area contributed by atoms with Crippen molar-refractivity contribution >= 4 is 13.1 Å². The molecule has 0 N–H and O–H groups in total. The number of hydrogen-bond acceptors (Lipinski definition) is 4. The molecule has 1 aromatic rings. The predicted octanol–water partition coefficient (Wildman–Crippen LogP) is 3.42. The van der Waals surface area contributed by atoms with Crippen LogP contribution in [0.4, 0.5) is 0 Å². The van der Waals surface area contributed by atoms with Crippen LogP contribution in [0.5, 0.6) is 0 Å². The number of rotatable bonds is 4. The third-order valence-electron chi connectivity index (χ3n) is 4.17. The van der Waals surface area contributed by atoms with Gasteiger partial charge in [-0.2, -0.15) is 0 Å². The first-order valence-electron chi connectivity index (χ1n) is 7.51. The molecule has 0 amide bonds. The third-order valence-corrected chi connectivity index (χ3v) is 4.17. The van der Waals surface area contributed by atoms with E-state index in [1.807, 2.05) is 46.8 Å². The largest absolute Gasteiger partial charge is 0.506 e. The molecule has 0 saturated carbocycles. The molecule has 22 heavy (non-hydrogen) atoms. The van der Waals surface area contributed by atoms with Crippen molar-refractivity contribution in [2.45, 2.75) is 51.8 Å². The molecule has 0 spiro atoms. The van der Waals surface area contributed by atoms with E-state index in [2.05, 4.69) is 0 Å². The third kappa shape index (κ3) is 3.42. The Bertz CT molecular complexity index is 535. The Morgan fingerprint density at radius 3 is 2.18 bits per heavy atom. The van der Waals surface area contributed by atoms with Crippen molar-refractivity contribution < 1.29 is 18.8 Å². The smallest absolute Gasteiger partial charge is 0.457 e. The minimum atomic E-state index is -0.617. The van der Waals surface area contributed by atoms with Gasteiger partial charge in [0.05, 0.1) is 16.8 Å². The molecule has 1 heterocycles. The van der Waals surface area contributed by atoms with Crippen LogP contribution in [0.15, 0.2) is 42.5 Å². The van der Waals surface area contributed by atoms with Gasteiger partial charge in [0.25, 0.3) is 0 Å². The topological polar surface area (TPSA) is 44.8 Å². The first-order valence-corrected chi connectivity index (χ1v) is 7.51. The van der Waals surface area contributed by atoms with Crippen LogP contribution in [0.25, 0.3) is 0 Å². The first-order chi connectivity index (χ1) is 10.3. The van der Waals surface area contributed by atoms with E-state index < -0.39 is 30.3 Å². The quantitative estimate of drug-likeness (QED) is 0.485. The van der Waals surface area contributed by atoms with E-state index in [0.29, 0.717) is 5.56 Å². The highest BCUT2D eigenvalue weighted by Gasteiger charge is 2.54. The van der Waals surface area contributed by atoms with Crippen molar-refractivity contribution in [2.24, 2.45) is 0 Å². The van der Waals surface area contributed by atoms with Crippen LogP contribution in [-0.4, -0.2) is 30.3 Å². The zero-order valence-corrected chi connectivity index (χ0v) is 13.8. The lowest BCUT2D eigenvalue weighted by atomic mass is 9.80. The lowest BCUT2D eigenvalue weighted by Crippen LogP contribution is -2.41. The molecule has 0 radical (unpaired) electrons. The Morgan fingerprint density at radius 1 is 1.14 bits per heavy atom. The summed E-state index contributed by atoms with van der Waals surface area (Å²) in [4.78, 5) is 12.2. The molecule has 0 aromatic heterocycles. The summed E-state index contributed by atoms with van der Waals surface area (Å²) < 4.78 is 17.5. The molecule has 2 rings (SSSR count). The van der Waals surface area contributed by atoms with E-state index in [1.54, 1.807) is 30.3 Å². The lowest BCUT2D eigenvalue weighted by molar-refractivity contribution is 0.00578. The van der Waals surface area contributed by atoms with Gasteiger partial charge >= 0.3 is 13.1 Å². The van der Waals surface area contributed by atoms with Crippen molar-refractivity contribution in [3.63, 3.8) is 0 Å². The van der Waals surface area contributed by atoms with Crippen LogP contribution in [0.3, 0.4) is 0 Å². The van der Waals surface area contributed by atoms with Crippen LogP contribution in [0.2, 0.25) is 0 Å². The van der Waals surface area contributed by atoms with Gasteiger partial charge in [-0.25, -0.2) is 4.79 Å². The fraction of sp³-hybridized carbons (Fsp3) is 0.471. The van der Waals surface area contributed by atoms with Crippen LogP contribution >= 0.6 is 0 Å². The van der Waals surface area contributed by atoms with E-state index >= 15 is 0 Å². The molecule has 4 nitrogen and oxygen atoms in total. The highest BCUT2D eigenvalue weighted by molar-refractivity contribution is 6.48. The summed E-state index contributed by atoms with van der Waals surface area (Å²) in [6.07, 6.45) is 3.61. The van der Waals surface area contributed by atoms with Crippen molar-refractivity contribution in [3.05, 3.63) is 48.0 Å². The van der Waals surface area contributed by atoms with Crippen LogP contribution < -0.4 is 0 Å². The number of allylic oxidation sites excluding steroid dienone is 1. The highest BCUT2D eigenvalue weighted by atomic mass is 16.7. The second-order valence-corrected chi connectivity index (χ2v) is 6.39. The van der Waals surface area contributed by atoms with E-state index in [4.69, 9.17) is 14.0 Å². The number of carbonyl (C=O) groups excluding carboxylic acids is 1. The molecule has 1 aliphatic heterocycles. The van der Waals surface area contributed by atoms with E-state index in [-0.39, 0.29) is 0 Å². The van der Waals surface area contributed by atoms with Crippen molar-refractivity contribution in [1.82, 2.24) is 0 Å². The Balaban J connectivity index is 2.13. The Kier molecular flexibility index (Phi) is 4.78. The van der Waals surface area contributed by atoms with Crippen LogP contribution in [0.1, 0.15) is 45.0 Å². The number of benzene rings is 1. The molecular weight excluding hydrogens is 279 g/mol. The zero-order chi connectivity index (χ0) is 16.4. The van der Waals surface area contributed by atoms with E-state index in [0.717, 1.165) is 0 Å². The Hall–Kier alpha value is -1.59. The fourth-order valence-corrected chi connectivity index (χ4v) is 2.16. The number of esters is 1. The second kappa shape index (κ2) is 6.27. The minimum Gasteiger partial charge on any atom is -0.457 e. The van der Waals surface area contributed by atoms with Crippen molar-refractivity contribution in [1.29, 1.82) is 0 Å². The van der Waals surface area contributed by atoms with E-state index in [1.165, 1.54) is 0 Å². The molecule has 0 aliphatic carbocycles. The van der Waals surface area contributed by atoms with Gasteiger partial charge in [0.2, 0.25) is 0 Å². The average Bonchev–Trinajstić information content (AvgIpc) is 2.68. The molecule has 1 aromatic carbocycles. The summed E-state index contributed by atoms with van der Waals surface area (Å²) >= 11 is 0. The van der Waals surface area contributed by atoms with Crippen molar-refractivity contribution in [2.75, 3.05) is 0 Å².